The largest absolute Gasteiger partial charge is 0.497 e. The lowest BCUT2D eigenvalue weighted by Gasteiger charge is -2.32. The van der Waals surface area contributed by atoms with E-state index in [1.54, 1.807) is 31.4 Å². The number of nitriles is 1. The number of carbonyl (C=O) groups excluding carboxylic acids is 1. The van der Waals surface area contributed by atoms with Crippen molar-refractivity contribution < 1.29 is 9.53 Å². The number of fused-ring (bicyclic) bond motifs is 1. The Morgan fingerprint density at radius 3 is 2.36 bits per heavy atom. The Morgan fingerprint density at radius 1 is 1.00 bits per heavy atom. The Morgan fingerprint density at radius 2 is 1.68 bits per heavy atom. The Kier molecular flexibility index (Phi) is 4.61. The van der Waals surface area contributed by atoms with E-state index in [-0.39, 0.29) is 5.91 Å². The monoisotopic (exact) mass is 367 g/mol. The highest BCUT2D eigenvalue weighted by Crippen LogP contribution is 2.32. The van der Waals surface area contributed by atoms with Gasteiger partial charge in [0.2, 0.25) is 6.17 Å². The van der Waals surface area contributed by atoms with Crippen molar-refractivity contribution in [2.45, 2.75) is 6.17 Å². The van der Waals surface area contributed by atoms with Crippen LogP contribution in [0.3, 0.4) is 0 Å². The van der Waals surface area contributed by atoms with Crippen molar-refractivity contribution in [1.29, 1.82) is 5.26 Å². The molecule has 28 heavy (non-hydrogen) atoms. The average Bonchev–Trinajstić information content (AvgIpc) is 2.78. The molecule has 0 radical (unpaired) electrons. The van der Waals surface area contributed by atoms with Crippen LogP contribution in [0.1, 0.15) is 21.5 Å². The summed E-state index contributed by atoms with van der Waals surface area (Å²) in [5.74, 6) is 0.384. The summed E-state index contributed by atoms with van der Waals surface area (Å²) in [6, 6.07) is 26.2. The molecule has 0 aliphatic carbocycles. The van der Waals surface area contributed by atoms with E-state index in [9.17, 15) is 10.1 Å². The van der Waals surface area contributed by atoms with Gasteiger partial charge in [0.1, 0.15) is 11.8 Å². The van der Waals surface area contributed by atoms with Crippen LogP contribution in [-0.2, 0) is 0 Å². The topological polar surface area (TPSA) is 65.7 Å². The predicted molar refractivity (Wildman–Crippen MR) is 108 cm³/mol. The number of rotatable bonds is 3. The van der Waals surface area contributed by atoms with Crippen LogP contribution in [0.25, 0.3) is 0 Å². The number of amides is 1. The van der Waals surface area contributed by atoms with E-state index in [0.717, 1.165) is 11.1 Å². The number of hydrogen-bond donors (Lipinski definition) is 0. The second-order valence-electron chi connectivity index (χ2n) is 6.27. The first-order valence-electron chi connectivity index (χ1n) is 8.83. The van der Waals surface area contributed by atoms with Crippen LogP contribution in [0, 0.1) is 11.3 Å². The first-order chi connectivity index (χ1) is 13.7. The quantitative estimate of drug-likeness (QED) is 0.702. The van der Waals surface area contributed by atoms with E-state index < -0.39 is 6.17 Å². The van der Waals surface area contributed by atoms with Crippen molar-refractivity contribution in [2.24, 2.45) is 4.99 Å². The molecule has 136 valence electrons. The predicted octanol–water partition coefficient (Wildman–Crippen LogP) is 4.04. The van der Waals surface area contributed by atoms with Crippen molar-refractivity contribution in [3.05, 3.63) is 95.6 Å². The van der Waals surface area contributed by atoms with Crippen molar-refractivity contribution in [2.75, 3.05) is 12.0 Å². The average molecular weight is 367 g/mol. The van der Waals surface area contributed by atoms with Gasteiger partial charge in [0, 0.05) is 16.7 Å². The zero-order valence-electron chi connectivity index (χ0n) is 15.2. The molecule has 4 rings (SSSR count). The van der Waals surface area contributed by atoms with Crippen LogP contribution in [0.4, 0.5) is 5.69 Å². The molecule has 3 aromatic rings. The van der Waals surface area contributed by atoms with Gasteiger partial charge in [0.25, 0.3) is 5.91 Å². The van der Waals surface area contributed by atoms with Gasteiger partial charge in [-0.25, -0.2) is 4.99 Å². The number of ether oxygens (including phenoxy) is 1. The van der Waals surface area contributed by atoms with E-state index >= 15 is 0 Å². The number of aliphatic imine (C=N–C) groups is 1. The highest BCUT2D eigenvalue weighted by Gasteiger charge is 2.33. The van der Waals surface area contributed by atoms with E-state index in [1.807, 2.05) is 54.6 Å². The Balaban J connectivity index is 1.82. The summed E-state index contributed by atoms with van der Waals surface area (Å²) in [5.41, 5.74) is 3.58. The summed E-state index contributed by atoms with van der Waals surface area (Å²) >= 11 is 0. The van der Waals surface area contributed by atoms with Crippen LogP contribution in [0.2, 0.25) is 0 Å². The standard InChI is InChI=1S/C23H17N3O2/c1-28-18-13-11-17(12-14-18)23(27)26-20-10-6-5-9-19(20)22(25-21(26)15-24)16-7-3-2-4-8-16/h2-14,21H,1H3. The van der Waals surface area contributed by atoms with Crippen molar-refractivity contribution in [3.8, 4) is 11.8 Å². The molecule has 1 aliphatic rings. The van der Waals surface area contributed by atoms with Gasteiger partial charge < -0.3 is 4.74 Å². The van der Waals surface area contributed by atoms with Gasteiger partial charge in [-0.1, -0.05) is 48.5 Å². The molecule has 1 aliphatic heterocycles. The third kappa shape index (κ3) is 3.01. The minimum absolute atomic E-state index is 0.280. The van der Waals surface area contributed by atoms with Crippen LogP contribution in [-0.4, -0.2) is 24.9 Å². The molecular weight excluding hydrogens is 350 g/mol. The Labute approximate surface area is 163 Å². The number of methoxy groups -OCH3 is 1. The smallest absolute Gasteiger partial charge is 0.260 e. The van der Waals surface area contributed by atoms with E-state index in [1.165, 1.54) is 4.90 Å². The maximum Gasteiger partial charge on any atom is 0.260 e. The molecule has 3 aromatic carbocycles. The number of carbonyl (C=O) groups is 1. The van der Waals surface area contributed by atoms with Crippen molar-refractivity contribution >= 4 is 17.3 Å². The van der Waals surface area contributed by atoms with Gasteiger partial charge in [-0.15, -0.1) is 0 Å². The maximum absolute atomic E-state index is 13.2. The molecular formula is C23H17N3O2. The van der Waals surface area contributed by atoms with Crippen LogP contribution < -0.4 is 9.64 Å². The summed E-state index contributed by atoms with van der Waals surface area (Å²) < 4.78 is 5.16. The lowest BCUT2D eigenvalue weighted by Crippen LogP contribution is -2.42. The van der Waals surface area contributed by atoms with Crippen LogP contribution >= 0.6 is 0 Å². The van der Waals surface area contributed by atoms with E-state index in [4.69, 9.17) is 4.74 Å². The lowest BCUT2D eigenvalue weighted by molar-refractivity contribution is 0.0982. The highest BCUT2D eigenvalue weighted by molar-refractivity contribution is 6.20. The molecule has 0 N–H and O–H groups in total. The number of hydrogen-bond acceptors (Lipinski definition) is 4. The molecule has 1 heterocycles. The lowest BCUT2D eigenvalue weighted by atomic mass is 9.97. The zero-order chi connectivity index (χ0) is 19.5. The van der Waals surface area contributed by atoms with Crippen LogP contribution in [0.15, 0.2) is 83.9 Å². The summed E-state index contributed by atoms with van der Waals surface area (Å²) in [7, 11) is 1.57. The Hall–Kier alpha value is -3.91. The molecule has 5 heteroatoms. The molecule has 0 aromatic heterocycles. The minimum Gasteiger partial charge on any atom is -0.497 e. The number of anilines is 1. The Bertz CT molecular complexity index is 1080. The molecule has 0 saturated heterocycles. The maximum atomic E-state index is 13.2. The second kappa shape index (κ2) is 7.37. The minimum atomic E-state index is -0.945. The van der Waals surface area contributed by atoms with Crippen LogP contribution in [0.5, 0.6) is 5.75 Å². The van der Waals surface area contributed by atoms with E-state index in [2.05, 4.69) is 11.1 Å². The van der Waals surface area contributed by atoms with Gasteiger partial charge >= 0.3 is 0 Å². The molecule has 0 saturated carbocycles. The third-order valence-corrected chi connectivity index (χ3v) is 4.63. The third-order valence-electron chi connectivity index (χ3n) is 4.63. The summed E-state index contributed by atoms with van der Waals surface area (Å²) in [5, 5.41) is 9.76. The van der Waals surface area contributed by atoms with Gasteiger partial charge in [0.05, 0.1) is 18.5 Å². The summed E-state index contributed by atoms with van der Waals surface area (Å²) in [4.78, 5) is 19.3. The van der Waals surface area contributed by atoms with Gasteiger partial charge in [0.15, 0.2) is 0 Å². The fourth-order valence-corrected chi connectivity index (χ4v) is 3.27. The molecule has 1 amide bonds. The molecule has 1 atom stereocenters. The fraction of sp³-hybridized carbons (Fsp3) is 0.0870. The van der Waals surface area contributed by atoms with Crippen molar-refractivity contribution in [3.63, 3.8) is 0 Å². The fourth-order valence-electron chi connectivity index (χ4n) is 3.27. The molecule has 0 fully saturated rings. The molecule has 5 nitrogen and oxygen atoms in total. The van der Waals surface area contributed by atoms with Gasteiger partial charge in [-0.2, -0.15) is 5.26 Å². The zero-order valence-corrected chi connectivity index (χ0v) is 15.2. The van der Waals surface area contributed by atoms with Crippen molar-refractivity contribution in [1.82, 2.24) is 0 Å². The first-order valence-corrected chi connectivity index (χ1v) is 8.83. The molecule has 0 bridgehead atoms. The highest BCUT2D eigenvalue weighted by atomic mass is 16.5. The van der Waals surface area contributed by atoms with E-state index in [0.29, 0.717) is 22.7 Å². The number of nitrogens with zero attached hydrogens (tertiary/aromatic N) is 3. The number of para-hydroxylation sites is 1. The van der Waals surface area contributed by atoms with Gasteiger partial charge in [-0.05, 0) is 30.3 Å². The first kappa shape index (κ1) is 17.5. The normalized spacial score (nSPS) is 15.2. The molecule has 1 unspecified atom stereocenters. The van der Waals surface area contributed by atoms with Gasteiger partial charge in [-0.3, -0.25) is 9.69 Å². The second-order valence-corrected chi connectivity index (χ2v) is 6.27. The summed E-state index contributed by atoms with van der Waals surface area (Å²) in [6.07, 6.45) is -0.945. The SMILES string of the molecule is COc1ccc(C(=O)N2c3ccccc3C(c3ccccc3)=NC2C#N)cc1. The number of benzene rings is 3. The molecule has 0 spiro atoms. The summed E-state index contributed by atoms with van der Waals surface area (Å²) in [6.45, 7) is 0.